The van der Waals surface area contributed by atoms with E-state index >= 15 is 0 Å². The molecule has 6 nitrogen and oxygen atoms in total. The van der Waals surface area contributed by atoms with Gasteiger partial charge in [0.05, 0.1) is 33.8 Å². The van der Waals surface area contributed by atoms with Gasteiger partial charge in [-0.3, -0.25) is 19.3 Å². The molecule has 1 N–H and O–H groups in total. The van der Waals surface area contributed by atoms with E-state index in [9.17, 15) is 27.6 Å². The van der Waals surface area contributed by atoms with Crippen LogP contribution in [-0.4, -0.2) is 35.2 Å². The number of alkyl halides is 3. The minimum absolute atomic E-state index is 0.315. The summed E-state index contributed by atoms with van der Waals surface area (Å²) in [5, 5.41) is 3.12. The average molecular weight is 490 g/mol. The van der Waals surface area contributed by atoms with Gasteiger partial charge in [0.2, 0.25) is 11.8 Å². The van der Waals surface area contributed by atoms with Gasteiger partial charge in [-0.2, -0.15) is 13.2 Å². The molecule has 10 heteroatoms. The zero-order chi connectivity index (χ0) is 24.2. The normalized spacial score (nSPS) is 30.2. The van der Waals surface area contributed by atoms with Gasteiger partial charge in [-0.25, -0.2) is 4.90 Å². The third kappa shape index (κ3) is 2.49. The van der Waals surface area contributed by atoms with Gasteiger partial charge in [0.15, 0.2) is 0 Å². The number of para-hydroxylation sites is 1. The third-order valence-corrected chi connectivity index (χ3v) is 7.95. The Hall–Kier alpha value is -2.91. The van der Waals surface area contributed by atoms with Crippen LogP contribution >= 0.6 is 11.6 Å². The second-order valence-electron chi connectivity index (χ2n) is 9.32. The van der Waals surface area contributed by atoms with Gasteiger partial charge < -0.3 is 5.32 Å². The largest absolute Gasteiger partial charge is 0.418 e. The van der Waals surface area contributed by atoms with Crippen LogP contribution in [0.1, 0.15) is 29.5 Å². The van der Waals surface area contributed by atoms with Crippen LogP contribution in [0, 0.1) is 18.8 Å². The van der Waals surface area contributed by atoms with E-state index in [4.69, 9.17) is 11.6 Å². The Morgan fingerprint density at radius 2 is 1.85 bits per heavy atom. The van der Waals surface area contributed by atoms with E-state index in [1.165, 1.54) is 12.1 Å². The van der Waals surface area contributed by atoms with Crippen molar-refractivity contribution < 1.29 is 27.6 Å². The van der Waals surface area contributed by atoms with E-state index in [1.807, 2.05) is 11.8 Å². The summed E-state index contributed by atoms with van der Waals surface area (Å²) < 4.78 is 41.3. The highest BCUT2D eigenvalue weighted by molar-refractivity contribution is 6.35. The first-order valence-electron chi connectivity index (χ1n) is 11.0. The number of amides is 3. The molecule has 0 aliphatic carbocycles. The van der Waals surface area contributed by atoms with Crippen LogP contribution in [0.25, 0.3) is 0 Å². The minimum Gasteiger partial charge on any atom is -0.323 e. The Bertz CT molecular complexity index is 1300. The summed E-state index contributed by atoms with van der Waals surface area (Å²) in [5.41, 5.74) is -1.39. The maximum Gasteiger partial charge on any atom is 0.418 e. The van der Waals surface area contributed by atoms with E-state index in [0.29, 0.717) is 40.6 Å². The number of fused-ring (bicyclic) bond motifs is 7. The van der Waals surface area contributed by atoms with Crippen molar-refractivity contribution in [2.24, 2.45) is 11.8 Å². The monoisotopic (exact) mass is 489 g/mol. The molecular formula is C24H19ClF3N3O3. The maximum atomic E-state index is 13.9. The molecule has 4 atom stereocenters. The molecule has 0 saturated carbocycles. The first-order valence-corrected chi connectivity index (χ1v) is 11.4. The lowest BCUT2D eigenvalue weighted by molar-refractivity contribution is -0.138. The van der Waals surface area contributed by atoms with Gasteiger partial charge in [-0.05, 0) is 50.1 Å². The number of carbonyl (C=O) groups is 3. The predicted molar refractivity (Wildman–Crippen MR) is 117 cm³/mol. The third-order valence-electron chi connectivity index (χ3n) is 7.65. The second kappa shape index (κ2) is 6.82. The molecule has 6 rings (SSSR count). The zero-order valence-corrected chi connectivity index (χ0v) is 18.7. The van der Waals surface area contributed by atoms with Crippen LogP contribution in [0.3, 0.4) is 0 Å². The minimum atomic E-state index is -4.76. The van der Waals surface area contributed by atoms with Crippen LogP contribution in [-0.2, 0) is 26.1 Å². The molecule has 0 aromatic heterocycles. The molecule has 4 aliphatic rings. The van der Waals surface area contributed by atoms with E-state index < -0.39 is 58.6 Å². The molecule has 4 heterocycles. The van der Waals surface area contributed by atoms with Crippen molar-refractivity contribution in [1.29, 1.82) is 0 Å². The molecule has 3 amide bonds. The Labute approximate surface area is 197 Å². The highest BCUT2D eigenvalue weighted by Crippen LogP contribution is 2.61. The highest BCUT2D eigenvalue weighted by atomic mass is 35.5. The molecule has 4 unspecified atom stereocenters. The number of nitrogens with zero attached hydrogens (tertiary/aromatic N) is 2. The molecule has 4 aliphatic heterocycles. The van der Waals surface area contributed by atoms with Crippen molar-refractivity contribution in [2.75, 3.05) is 16.8 Å². The number of aryl methyl sites for hydroxylation is 1. The van der Waals surface area contributed by atoms with Crippen LogP contribution in [0.5, 0.6) is 0 Å². The first kappa shape index (κ1) is 21.6. The summed E-state index contributed by atoms with van der Waals surface area (Å²) in [6, 6.07) is 7.59. The van der Waals surface area contributed by atoms with Gasteiger partial charge in [-0.1, -0.05) is 29.8 Å². The summed E-state index contributed by atoms with van der Waals surface area (Å²) in [6.45, 7) is 2.31. The number of hydrogen-bond acceptors (Lipinski definition) is 4. The van der Waals surface area contributed by atoms with Crippen molar-refractivity contribution in [3.8, 4) is 0 Å². The molecule has 176 valence electrons. The molecule has 0 bridgehead atoms. The van der Waals surface area contributed by atoms with Crippen LogP contribution in [0.4, 0.5) is 24.5 Å². The van der Waals surface area contributed by atoms with Crippen LogP contribution < -0.4 is 10.2 Å². The zero-order valence-electron chi connectivity index (χ0n) is 17.9. The molecule has 0 radical (unpaired) electrons. The fourth-order valence-electron chi connectivity index (χ4n) is 6.54. The van der Waals surface area contributed by atoms with Crippen LogP contribution in [0.2, 0.25) is 5.02 Å². The van der Waals surface area contributed by atoms with Crippen LogP contribution in [0.15, 0.2) is 36.4 Å². The number of imide groups is 1. The van der Waals surface area contributed by atoms with E-state index in [0.717, 1.165) is 17.7 Å². The van der Waals surface area contributed by atoms with E-state index in [2.05, 4.69) is 5.32 Å². The van der Waals surface area contributed by atoms with Crippen molar-refractivity contribution in [3.63, 3.8) is 0 Å². The smallest absolute Gasteiger partial charge is 0.323 e. The number of hydrogen-bond donors (Lipinski definition) is 1. The van der Waals surface area contributed by atoms with Crippen molar-refractivity contribution >= 4 is 40.7 Å². The number of carbonyl (C=O) groups excluding carboxylic acids is 3. The summed E-state index contributed by atoms with van der Waals surface area (Å²) in [7, 11) is 0. The molecular weight excluding hydrogens is 471 g/mol. The topological polar surface area (TPSA) is 69.7 Å². The Kier molecular flexibility index (Phi) is 4.34. The fourth-order valence-corrected chi connectivity index (χ4v) is 6.86. The molecule has 2 aromatic carbocycles. The predicted octanol–water partition coefficient (Wildman–Crippen LogP) is 4.10. The molecule has 1 spiro atoms. The number of rotatable bonds is 1. The van der Waals surface area contributed by atoms with Gasteiger partial charge >= 0.3 is 6.18 Å². The summed E-state index contributed by atoms with van der Waals surface area (Å²) in [4.78, 5) is 43.8. The molecule has 3 saturated heterocycles. The van der Waals surface area contributed by atoms with Crippen molar-refractivity contribution in [3.05, 3.63) is 58.1 Å². The maximum absolute atomic E-state index is 13.9. The quantitative estimate of drug-likeness (QED) is 0.612. The standard InChI is InChI=1S/C24H19ClF3N3O3/c1-11-9-13-19(14(25)10-11)29-22(34)23(13)18-17(16-7-4-8-30(16)23)20(32)31(21(18)33)15-6-3-2-5-12(15)24(26,27)28/h2-3,5-6,9-10,16-18H,4,7-8H2,1H3,(H,29,34). The number of halogens is 4. The fraction of sp³-hybridized carbons (Fsp3) is 0.375. The summed E-state index contributed by atoms with van der Waals surface area (Å²) in [6.07, 6.45) is -3.48. The lowest BCUT2D eigenvalue weighted by atomic mass is 9.75. The first-order chi connectivity index (χ1) is 16.1. The van der Waals surface area contributed by atoms with Crippen molar-refractivity contribution in [1.82, 2.24) is 4.90 Å². The second-order valence-corrected chi connectivity index (χ2v) is 9.73. The summed E-state index contributed by atoms with van der Waals surface area (Å²) in [5.74, 6) is -4.03. The number of benzene rings is 2. The molecule has 3 fully saturated rings. The molecule has 2 aromatic rings. The number of anilines is 2. The lowest BCUT2D eigenvalue weighted by Gasteiger charge is -2.37. The Balaban J connectivity index is 1.58. The number of nitrogens with one attached hydrogen (secondary N) is 1. The Morgan fingerprint density at radius 1 is 1.12 bits per heavy atom. The van der Waals surface area contributed by atoms with Gasteiger partial charge in [-0.15, -0.1) is 0 Å². The van der Waals surface area contributed by atoms with E-state index in [1.54, 1.807) is 12.1 Å². The van der Waals surface area contributed by atoms with Crippen molar-refractivity contribution in [2.45, 2.75) is 37.5 Å². The van der Waals surface area contributed by atoms with Gasteiger partial charge in [0.1, 0.15) is 5.54 Å². The summed E-state index contributed by atoms with van der Waals surface area (Å²) >= 11 is 6.43. The highest BCUT2D eigenvalue weighted by Gasteiger charge is 2.75. The van der Waals surface area contributed by atoms with Gasteiger partial charge in [0, 0.05) is 11.6 Å². The average Bonchev–Trinajstić information content (AvgIpc) is 3.46. The SMILES string of the molecule is Cc1cc(Cl)c2c(c1)C1(C(=O)N2)C2C(=O)N(c3ccccc3C(F)(F)F)C(=O)C2C2CCCN21. The Morgan fingerprint density at radius 3 is 2.59 bits per heavy atom. The molecule has 34 heavy (non-hydrogen) atoms. The van der Waals surface area contributed by atoms with Gasteiger partial charge in [0.25, 0.3) is 5.91 Å². The van der Waals surface area contributed by atoms with E-state index in [-0.39, 0.29) is 0 Å². The lowest BCUT2D eigenvalue weighted by Crippen LogP contribution is -2.54.